The molecular weight excluding hydrogens is 360 g/mol. The van der Waals surface area contributed by atoms with Crippen LogP contribution in [0.1, 0.15) is 41.7 Å². The summed E-state index contributed by atoms with van der Waals surface area (Å²) < 4.78 is 0. The number of amides is 1. The molecule has 29 heavy (non-hydrogen) atoms. The number of benzene rings is 2. The van der Waals surface area contributed by atoms with Gasteiger partial charge in [0.05, 0.1) is 0 Å². The largest absolute Gasteiger partial charge is 0.370 e. The van der Waals surface area contributed by atoms with Gasteiger partial charge in [-0.1, -0.05) is 73.5 Å². The minimum atomic E-state index is -0.123. The smallest absolute Gasteiger partial charge is 0.270 e. The van der Waals surface area contributed by atoms with E-state index in [1.165, 1.54) is 18.4 Å². The number of anilines is 1. The molecule has 0 unspecified atom stereocenters. The lowest BCUT2D eigenvalue weighted by molar-refractivity contribution is 0.0933. The number of carbonyl (C=O) groups excluding carboxylic acids is 1. The molecule has 1 fully saturated rings. The number of hydrogen-bond acceptors (Lipinski definition) is 4. The van der Waals surface area contributed by atoms with Gasteiger partial charge in [0.25, 0.3) is 5.91 Å². The predicted octanol–water partition coefficient (Wildman–Crippen LogP) is 4.47. The maximum atomic E-state index is 12.8. The average molecular weight is 386 g/mol. The van der Waals surface area contributed by atoms with Crippen molar-refractivity contribution in [1.82, 2.24) is 15.3 Å². The normalized spacial score (nSPS) is 13.9. The van der Waals surface area contributed by atoms with Gasteiger partial charge in [-0.2, -0.15) is 0 Å². The first-order chi connectivity index (χ1) is 14.3. The number of nitrogens with zero attached hydrogens (tertiary/aromatic N) is 2. The molecule has 148 valence electrons. The zero-order valence-electron chi connectivity index (χ0n) is 16.5. The first kappa shape index (κ1) is 19.1. The summed E-state index contributed by atoms with van der Waals surface area (Å²) in [6, 6.07) is 22.1. The molecule has 3 aromatic rings. The fourth-order valence-electron chi connectivity index (χ4n) is 3.68. The lowest BCUT2D eigenvalue weighted by Crippen LogP contribution is -2.33. The fraction of sp³-hybridized carbons (Fsp3) is 0.292. The van der Waals surface area contributed by atoms with E-state index in [1.807, 2.05) is 48.5 Å². The van der Waals surface area contributed by atoms with Crippen molar-refractivity contribution in [3.63, 3.8) is 0 Å². The van der Waals surface area contributed by atoms with Gasteiger partial charge in [-0.05, 0) is 24.8 Å². The Morgan fingerprint density at radius 1 is 0.931 bits per heavy atom. The summed E-state index contributed by atoms with van der Waals surface area (Å²) in [5, 5.41) is 6.49. The SMILES string of the molecule is O=C(NC1CCCC1)c1cc(NCCc2ccccc2)nc(-c2ccccc2)n1. The Morgan fingerprint density at radius 3 is 2.34 bits per heavy atom. The van der Waals surface area contributed by atoms with Crippen molar-refractivity contribution < 1.29 is 4.79 Å². The second kappa shape index (κ2) is 9.32. The summed E-state index contributed by atoms with van der Waals surface area (Å²) in [7, 11) is 0. The summed E-state index contributed by atoms with van der Waals surface area (Å²) in [6.07, 6.45) is 5.33. The van der Waals surface area contributed by atoms with E-state index in [9.17, 15) is 4.79 Å². The molecule has 1 aliphatic carbocycles. The van der Waals surface area contributed by atoms with Crippen molar-refractivity contribution in [3.8, 4) is 11.4 Å². The van der Waals surface area contributed by atoms with E-state index >= 15 is 0 Å². The zero-order chi connectivity index (χ0) is 19.9. The third-order valence-electron chi connectivity index (χ3n) is 5.24. The van der Waals surface area contributed by atoms with Gasteiger partial charge >= 0.3 is 0 Å². The van der Waals surface area contributed by atoms with E-state index < -0.39 is 0 Å². The van der Waals surface area contributed by atoms with E-state index in [4.69, 9.17) is 0 Å². The van der Waals surface area contributed by atoms with Crippen LogP contribution in [0.25, 0.3) is 11.4 Å². The third kappa shape index (κ3) is 5.19. The number of rotatable bonds is 7. The van der Waals surface area contributed by atoms with Crippen LogP contribution in [-0.2, 0) is 6.42 Å². The van der Waals surface area contributed by atoms with E-state index in [-0.39, 0.29) is 11.9 Å². The zero-order valence-corrected chi connectivity index (χ0v) is 16.5. The molecule has 1 aromatic heterocycles. The highest BCUT2D eigenvalue weighted by atomic mass is 16.1. The van der Waals surface area contributed by atoms with Crippen molar-refractivity contribution in [1.29, 1.82) is 0 Å². The number of hydrogen-bond donors (Lipinski definition) is 2. The van der Waals surface area contributed by atoms with Crippen molar-refractivity contribution >= 4 is 11.7 Å². The van der Waals surface area contributed by atoms with Gasteiger partial charge in [0, 0.05) is 24.2 Å². The standard InChI is InChI=1S/C24H26N4O/c29-24(26-20-13-7-8-14-20)21-17-22(25-16-15-18-9-3-1-4-10-18)28-23(27-21)19-11-5-2-6-12-19/h1-6,9-12,17,20H,7-8,13-16H2,(H,26,29)(H,25,27,28). The molecule has 0 atom stereocenters. The quantitative estimate of drug-likeness (QED) is 0.629. The van der Waals surface area contributed by atoms with Crippen LogP contribution in [0.3, 0.4) is 0 Å². The molecule has 0 spiro atoms. The van der Waals surface area contributed by atoms with Gasteiger partial charge in [-0.25, -0.2) is 9.97 Å². The number of carbonyl (C=O) groups is 1. The Labute approximate surface area is 171 Å². The lowest BCUT2D eigenvalue weighted by Gasteiger charge is -2.13. The van der Waals surface area contributed by atoms with Gasteiger partial charge in [0.1, 0.15) is 11.5 Å². The van der Waals surface area contributed by atoms with E-state index in [2.05, 4.69) is 32.7 Å². The number of nitrogens with one attached hydrogen (secondary N) is 2. The highest BCUT2D eigenvalue weighted by Gasteiger charge is 2.20. The molecule has 5 heteroatoms. The first-order valence-corrected chi connectivity index (χ1v) is 10.3. The Hall–Kier alpha value is -3.21. The molecule has 0 radical (unpaired) electrons. The molecule has 5 nitrogen and oxygen atoms in total. The molecule has 0 aliphatic heterocycles. The van der Waals surface area contributed by atoms with Gasteiger partial charge < -0.3 is 10.6 Å². The van der Waals surface area contributed by atoms with Gasteiger partial charge in [0.15, 0.2) is 5.82 Å². The minimum Gasteiger partial charge on any atom is -0.370 e. The van der Waals surface area contributed by atoms with Crippen molar-refractivity contribution in [2.45, 2.75) is 38.1 Å². The second-order valence-electron chi connectivity index (χ2n) is 7.45. The molecule has 1 aliphatic rings. The lowest BCUT2D eigenvalue weighted by atomic mass is 10.1. The molecule has 0 bridgehead atoms. The molecule has 2 N–H and O–H groups in total. The van der Waals surface area contributed by atoms with Crippen LogP contribution in [0.2, 0.25) is 0 Å². The molecule has 1 saturated carbocycles. The summed E-state index contributed by atoms with van der Waals surface area (Å²) in [5.74, 6) is 1.11. The highest BCUT2D eigenvalue weighted by Crippen LogP contribution is 2.20. The maximum absolute atomic E-state index is 12.8. The molecule has 1 heterocycles. The van der Waals surface area contributed by atoms with Crippen LogP contribution in [0.5, 0.6) is 0 Å². The number of aromatic nitrogens is 2. The van der Waals surface area contributed by atoms with Gasteiger partial charge in [0.2, 0.25) is 0 Å². The Kier molecular flexibility index (Phi) is 6.15. The predicted molar refractivity (Wildman–Crippen MR) is 116 cm³/mol. The topological polar surface area (TPSA) is 66.9 Å². The van der Waals surface area contributed by atoms with Crippen LogP contribution < -0.4 is 10.6 Å². The highest BCUT2D eigenvalue weighted by molar-refractivity contribution is 5.93. The summed E-state index contributed by atoms with van der Waals surface area (Å²) in [4.78, 5) is 22.0. The van der Waals surface area contributed by atoms with Crippen molar-refractivity contribution in [3.05, 3.63) is 78.0 Å². The molecule has 0 saturated heterocycles. The van der Waals surface area contributed by atoms with Gasteiger partial charge in [-0.3, -0.25) is 4.79 Å². The van der Waals surface area contributed by atoms with Crippen molar-refractivity contribution in [2.24, 2.45) is 0 Å². The van der Waals surface area contributed by atoms with Crippen LogP contribution in [0.4, 0.5) is 5.82 Å². The third-order valence-corrected chi connectivity index (χ3v) is 5.24. The fourth-order valence-corrected chi connectivity index (χ4v) is 3.68. The summed E-state index contributed by atoms with van der Waals surface area (Å²) in [6.45, 7) is 0.735. The van der Waals surface area contributed by atoms with Crippen molar-refractivity contribution in [2.75, 3.05) is 11.9 Å². The Bertz CT molecular complexity index is 938. The maximum Gasteiger partial charge on any atom is 0.270 e. The molecular formula is C24H26N4O. The van der Waals surface area contributed by atoms with Gasteiger partial charge in [-0.15, -0.1) is 0 Å². The van der Waals surface area contributed by atoms with Crippen LogP contribution >= 0.6 is 0 Å². The van der Waals surface area contributed by atoms with Crippen LogP contribution in [0.15, 0.2) is 66.7 Å². The first-order valence-electron chi connectivity index (χ1n) is 10.3. The van der Waals surface area contributed by atoms with E-state index in [1.54, 1.807) is 6.07 Å². The molecule has 1 amide bonds. The monoisotopic (exact) mass is 386 g/mol. The Balaban J connectivity index is 1.53. The summed E-state index contributed by atoms with van der Waals surface area (Å²) in [5.41, 5.74) is 2.57. The summed E-state index contributed by atoms with van der Waals surface area (Å²) >= 11 is 0. The van der Waals surface area contributed by atoms with E-state index in [0.29, 0.717) is 17.3 Å². The van der Waals surface area contributed by atoms with E-state index in [0.717, 1.165) is 31.4 Å². The van der Waals surface area contributed by atoms with Crippen LogP contribution in [-0.4, -0.2) is 28.5 Å². The molecule has 4 rings (SSSR count). The second-order valence-corrected chi connectivity index (χ2v) is 7.45. The minimum absolute atomic E-state index is 0.123. The molecule has 2 aromatic carbocycles. The average Bonchev–Trinajstić information content (AvgIpc) is 3.28. The van der Waals surface area contributed by atoms with Crippen LogP contribution in [0, 0.1) is 0 Å². The Morgan fingerprint density at radius 2 is 1.62 bits per heavy atom.